The summed E-state index contributed by atoms with van der Waals surface area (Å²) in [6.07, 6.45) is 9.16. The summed E-state index contributed by atoms with van der Waals surface area (Å²) < 4.78 is 6.13. The van der Waals surface area contributed by atoms with Crippen molar-refractivity contribution >= 4 is 5.78 Å². The molecule has 4 aliphatic carbocycles. The van der Waals surface area contributed by atoms with E-state index in [1.165, 1.54) is 0 Å². The number of allylic oxidation sites excluding steroid dienone is 4. The summed E-state index contributed by atoms with van der Waals surface area (Å²) in [7, 11) is 0. The Bertz CT molecular complexity index is 851. The van der Waals surface area contributed by atoms with Crippen molar-refractivity contribution in [3.8, 4) is 0 Å². The first-order valence-electron chi connectivity index (χ1n) is 11.8. The number of ether oxygens (including phenoxy) is 1. The molecule has 8 atom stereocenters. The predicted molar refractivity (Wildman–Crippen MR) is 114 cm³/mol. The summed E-state index contributed by atoms with van der Waals surface area (Å²) in [6.45, 7) is 8.09. The van der Waals surface area contributed by atoms with Gasteiger partial charge in [0.2, 0.25) is 0 Å². The minimum atomic E-state index is -1.24. The molecule has 31 heavy (non-hydrogen) atoms. The van der Waals surface area contributed by atoms with E-state index in [1.807, 2.05) is 19.9 Å². The van der Waals surface area contributed by atoms with Crippen molar-refractivity contribution in [2.75, 3.05) is 13.2 Å². The second-order valence-electron chi connectivity index (χ2n) is 11.8. The third-order valence-electron chi connectivity index (χ3n) is 9.83. The van der Waals surface area contributed by atoms with Crippen LogP contribution in [0.1, 0.15) is 59.8 Å². The van der Waals surface area contributed by atoms with Crippen molar-refractivity contribution in [1.82, 2.24) is 5.06 Å². The van der Waals surface area contributed by atoms with Gasteiger partial charge in [0.1, 0.15) is 0 Å². The summed E-state index contributed by atoms with van der Waals surface area (Å²) in [4.78, 5) is 12.0. The van der Waals surface area contributed by atoms with E-state index in [2.05, 4.69) is 13.8 Å². The lowest BCUT2D eigenvalue weighted by Crippen LogP contribution is -2.62. The van der Waals surface area contributed by atoms with E-state index < -0.39 is 17.4 Å². The van der Waals surface area contributed by atoms with Crippen LogP contribution in [0.2, 0.25) is 0 Å². The van der Waals surface area contributed by atoms with Crippen LogP contribution in [-0.4, -0.2) is 51.6 Å². The van der Waals surface area contributed by atoms with E-state index in [0.29, 0.717) is 24.9 Å². The van der Waals surface area contributed by atoms with Crippen LogP contribution in [-0.2, 0) is 14.7 Å². The number of carbonyl (C=O) groups is 1. The van der Waals surface area contributed by atoms with Crippen molar-refractivity contribution < 1.29 is 25.0 Å². The van der Waals surface area contributed by atoms with Crippen LogP contribution in [0.15, 0.2) is 23.8 Å². The van der Waals surface area contributed by atoms with Crippen molar-refractivity contribution in [3.63, 3.8) is 0 Å². The zero-order chi connectivity index (χ0) is 22.4. The average molecular weight is 431 g/mol. The topological polar surface area (TPSA) is 89.9 Å². The first-order chi connectivity index (χ1) is 14.5. The Balaban J connectivity index is 1.51. The molecule has 1 radical (unpaired) electrons. The van der Waals surface area contributed by atoms with Crippen LogP contribution in [0.3, 0.4) is 0 Å². The maximum Gasteiger partial charge on any atom is 0.178 e. The highest BCUT2D eigenvalue weighted by Gasteiger charge is 2.68. The second kappa shape index (κ2) is 6.73. The molecule has 0 amide bonds. The molecule has 4 fully saturated rings. The van der Waals surface area contributed by atoms with Gasteiger partial charge in [-0.15, -0.1) is 10.3 Å². The van der Waals surface area contributed by atoms with Gasteiger partial charge in [0.15, 0.2) is 11.5 Å². The van der Waals surface area contributed by atoms with Crippen LogP contribution in [0.5, 0.6) is 0 Å². The van der Waals surface area contributed by atoms with Gasteiger partial charge in [-0.3, -0.25) is 4.79 Å². The Labute approximate surface area is 184 Å². The van der Waals surface area contributed by atoms with Gasteiger partial charge in [-0.25, -0.2) is 0 Å². The molecule has 6 nitrogen and oxygen atoms in total. The van der Waals surface area contributed by atoms with Gasteiger partial charge in [-0.2, -0.15) is 0 Å². The Morgan fingerprint density at radius 3 is 2.58 bits per heavy atom. The number of hydrogen-bond acceptors (Lipinski definition) is 5. The number of carbonyl (C=O) groups excluding carboxylic acids is 1. The van der Waals surface area contributed by atoms with Gasteiger partial charge >= 0.3 is 0 Å². The zero-order valence-electron chi connectivity index (χ0n) is 19.1. The molecule has 1 aliphatic heterocycles. The minimum Gasteiger partial charge on any atom is -0.393 e. The van der Waals surface area contributed by atoms with Gasteiger partial charge in [0, 0.05) is 17.3 Å². The summed E-state index contributed by atoms with van der Waals surface area (Å²) in [5.41, 5.74) is -1.33. The van der Waals surface area contributed by atoms with E-state index >= 15 is 0 Å². The Morgan fingerprint density at radius 1 is 1.19 bits per heavy atom. The second-order valence-corrected chi connectivity index (χ2v) is 11.8. The molecule has 171 valence electrons. The van der Waals surface area contributed by atoms with E-state index in [9.17, 15) is 20.2 Å². The number of nitrogens with zero attached hydrogens (tertiary/aromatic N) is 1. The highest BCUT2D eigenvalue weighted by molar-refractivity contribution is 6.01. The standard InChI is InChI=1S/C25H36NO5/c1-22(2)14-31-25(13-27,26(22)30)20-8-7-18-17-6-5-15-11-16(28)9-10-23(15,3)21(17)19(29)12-24(18,20)4/h9-11,17-21,27,29H,5-8,12-14H2,1-4H3/t17?,18?,19-,20-,21?,23-,24-,25?/m0/s1. The van der Waals surface area contributed by atoms with E-state index in [1.54, 1.807) is 12.2 Å². The Kier molecular flexibility index (Phi) is 4.73. The zero-order valence-corrected chi connectivity index (χ0v) is 19.1. The quantitative estimate of drug-likeness (QED) is 0.703. The number of aliphatic hydroxyl groups is 2. The fraction of sp³-hybridized carbons (Fsp3) is 0.800. The molecule has 0 aromatic heterocycles. The van der Waals surface area contributed by atoms with Crippen molar-refractivity contribution in [3.05, 3.63) is 23.8 Å². The number of hydrogen-bond donors (Lipinski definition) is 2. The highest BCUT2D eigenvalue weighted by atomic mass is 16.6. The number of fused-ring (bicyclic) bond motifs is 5. The van der Waals surface area contributed by atoms with Gasteiger partial charge < -0.3 is 14.9 Å². The van der Waals surface area contributed by atoms with E-state index in [-0.39, 0.29) is 35.1 Å². The van der Waals surface area contributed by atoms with Crippen LogP contribution in [0.4, 0.5) is 0 Å². The van der Waals surface area contributed by atoms with Crippen molar-refractivity contribution in [2.45, 2.75) is 77.2 Å². The molecule has 5 rings (SSSR count). The molecule has 0 spiro atoms. The molecule has 0 aromatic carbocycles. The molecule has 2 N–H and O–H groups in total. The first-order valence-corrected chi connectivity index (χ1v) is 11.8. The van der Waals surface area contributed by atoms with Crippen LogP contribution >= 0.6 is 0 Å². The Morgan fingerprint density at radius 2 is 1.94 bits per heavy atom. The minimum absolute atomic E-state index is 0.0448. The van der Waals surface area contributed by atoms with E-state index in [4.69, 9.17) is 4.74 Å². The van der Waals surface area contributed by atoms with Crippen LogP contribution < -0.4 is 0 Å². The maximum atomic E-state index is 13.3. The molecule has 3 saturated carbocycles. The van der Waals surface area contributed by atoms with Gasteiger partial charge in [-0.1, -0.05) is 25.5 Å². The highest BCUT2D eigenvalue weighted by Crippen LogP contribution is 2.68. The molecule has 6 heteroatoms. The Hall–Kier alpha value is -1.05. The normalized spacial score (nSPS) is 51.3. The molecule has 1 saturated heterocycles. The average Bonchev–Trinajstić information content (AvgIpc) is 3.16. The molecule has 4 unspecified atom stereocenters. The first kappa shape index (κ1) is 21.8. The summed E-state index contributed by atoms with van der Waals surface area (Å²) >= 11 is 0. The third-order valence-corrected chi connectivity index (χ3v) is 9.83. The maximum absolute atomic E-state index is 13.3. The molecule has 0 aromatic rings. The predicted octanol–water partition coefficient (Wildman–Crippen LogP) is 3.03. The lowest BCUT2D eigenvalue weighted by Gasteiger charge is -2.60. The van der Waals surface area contributed by atoms with E-state index in [0.717, 1.165) is 36.3 Å². The molecular weight excluding hydrogens is 394 g/mol. The van der Waals surface area contributed by atoms with Crippen LogP contribution in [0, 0.1) is 34.5 Å². The van der Waals surface area contributed by atoms with Gasteiger partial charge in [0.05, 0.1) is 24.9 Å². The number of ketones is 1. The number of aliphatic hydroxyl groups excluding tert-OH is 2. The molecule has 1 heterocycles. The summed E-state index contributed by atoms with van der Waals surface area (Å²) in [5.74, 6) is 0.674. The number of hydroxylamine groups is 2. The van der Waals surface area contributed by atoms with Crippen molar-refractivity contribution in [2.24, 2.45) is 34.5 Å². The monoisotopic (exact) mass is 430 g/mol. The number of rotatable bonds is 2. The fourth-order valence-electron chi connectivity index (χ4n) is 8.46. The van der Waals surface area contributed by atoms with Gasteiger partial charge in [0.25, 0.3) is 0 Å². The SMILES string of the molecule is CC1(C)COC(CO)([C@H]2CCC3C4CCC5=CC(=O)C=C[C@]5(C)C4[C@@H](O)C[C@@]32C)N1[O]. The summed E-state index contributed by atoms with van der Waals surface area (Å²) in [6, 6.07) is 0. The molecule has 0 bridgehead atoms. The largest absolute Gasteiger partial charge is 0.393 e. The third kappa shape index (κ3) is 2.72. The lowest BCUT2D eigenvalue weighted by molar-refractivity contribution is -0.330. The molecular formula is C25H36NO5. The van der Waals surface area contributed by atoms with Gasteiger partial charge in [-0.05, 0) is 75.4 Å². The smallest absolute Gasteiger partial charge is 0.178 e. The van der Waals surface area contributed by atoms with Crippen molar-refractivity contribution in [1.29, 1.82) is 0 Å². The molecule has 5 aliphatic rings. The summed E-state index contributed by atoms with van der Waals surface area (Å²) in [5, 5.41) is 36.3. The lowest BCUT2D eigenvalue weighted by atomic mass is 9.46. The van der Waals surface area contributed by atoms with Crippen LogP contribution in [0.25, 0.3) is 0 Å². The fourth-order valence-corrected chi connectivity index (χ4v) is 8.46.